The van der Waals surface area contributed by atoms with Crippen LogP contribution in [0.4, 0.5) is 11.4 Å². The monoisotopic (exact) mass is 450 g/mol. The van der Waals surface area contributed by atoms with Crippen LogP contribution in [0.5, 0.6) is 0 Å². The third kappa shape index (κ3) is 5.65. The summed E-state index contributed by atoms with van der Waals surface area (Å²) in [4.78, 5) is 41.5. The van der Waals surface area contributed by atoms with Gasteiger partial charge in [0.15, 0.2) is 0 Å². The molecule has 8 nitrogen and oxygen atoms in total. The van der Waals surface area contributed by atoms with E-state index >= 15 is 0 Å². The number of ether oxygens (including phenoxy) is 3. The van der Waals surface area contributed by atoms with E-state index in [2.05, 4.69) is 10.3 Å². The van der Waals surface area contributed by atoms with Gasteiger partial charge < -0.3 is 19.5 Å². The molecule has 0 spiro atoms. The van der Waals surface area contributed by atoms with Crippen molar-refractivity contribution in [2.45, 2.75) is 27.2 Å². The standard InChI is InChI=1S/C25H26N2O6/c1-4-12-33-24(29)16-8-7-9-18(13-16)27-22-19-14-17(23(28)31-5-2)10-11-21(19)26-15-20(22)25(30)32-6-3/h7-11,13-15H,4-6,12H2,1-3H3,(H,26,27). The van der Waals surface area contributed by atoms with Crippen LogP contribution in [0.3, 0.4) is 0 Å². The van der Waals surface area contributed by atoms with Gasteiger partial charge in [0.1, 0.15) is 5.56 Å². The molecule has 0 radical (unpaired) electrons. The first-order chi connectivity index (χ1) is 16.0. The van der Waals surface area contributed by atoms with Crippen LogP contribution in [-0.2, 0) is 14.2 Å². The molecule has 33 heavy (non-hydrogen) atoms. The van der Waals surface area contributed by atoms with Crippen LogP contribution in [0.1, 0.15) is 58.3 Å². The second kappa shape index (κ2) is 11.1. The second-order valence-corrected chi connectivity index (χ2v) is 7.06. The molecular weight excluding hydrogens is 424 g/mol. The Labute approximate surface area is 191 Å². The zero-order chi connectivity index (χ0) is 23.8. The van der Waals surface area contributed by atoms with E-state index in [-0.39, 0.29) is 18.8 Å². The number of nitrogens with one attached hydrogen (secondary N) is 1. The average molecular weight is 450 g/mol. The number of hydrogen-bond acceptors (Lipinski definition) is 8. The van der Waals surface area contributed by atoms with Gasteiger partial charge in [-0.05, 0) is 56.7 Å². The van der Waals surface area contributed by atoms with Gasteiger partial charge >= 0.3 is 17.9 Å². The van der Waals surface area contributed by atoms with Gasteiger partial charge in [-0.1, -0.05) is 13.0 Å². The Kier molecular flexibility index (Phi) is 7.96. The lowest BCUT2D eigenvalue weighted by molar-refractivity contribution is 0.0500. The van der Waals surface area contributed by atoms with Crippen LogP contribution in [0, 0.1) is 0 Å². The van der Waals surface area contributed by atoms with Gasteiger partial charge in [0.2, 0.25) is 0 Å². The van der Waals surface area contributed by atoms with E-state index in [1.807, 2.05) is 6.92 Å². The largest absolute Gasteiger partial charge is 0.462 e. The van der Waals surface area contributed by atoms with Crippen LogP contribution >= 0.6 is 0 Å². The number of fused-ring (bicyclic) bond motifs is 1. The summed E-state index contributed by atoms with van der Waals surface area (Å²) < 4.78 is 15.5. The van der Waals surface area contributed by atoms with Crippen molar-refractivity contribution >= 4 is 40.2 Å². The highest BCUT2D eigenvalue weighted by atomic mass is 16.5. The van der Waals surface area contributed by atoms with Crippen LogP contribution < -0.4 is 5.32 Å². The molecule has 0 aliphatic carbocycles. The molecule has 0 aliphatic rings. The zero-order valence-corrected chi connectivity index (χ0v) is 18.8. The number of rotatable bonds is 9. The maximum absolute atomic E-state index is 12.6. The summed E-state index contributed by atoms with van der Waals surface area (Å²) in [6, 6.07) is 11.7. The Bertz CT molecular complexity index is 1170. The molecule has 0 fully saturated rings. The third-order valence-corrected chi connectivity index (χ3v) is 4.68. The lowest BCUT2D eigenvalue weighted by Gasteiger charge is -2.15. The van der Waals surface area contributed by atoms with Crippen molar-refractivity contribution in [3.63, 3.8) is 0 Å². The fourth-order valence-electron chi connectivity index (χ4n) is 3.18. The van der Waals surface area contributed by atoms with Gasteiger partial charge in [-0.2, -0.15) is 0 Å². The molecule has 0 amide bonds. The van der Waals surface area contributed by atoms with E-state index < -0.39 is 17.9 Å². The third-order valence-electron chi connectivity index (χ3n) is 4.68. The van der Waals surface area contributed by atoms with Gasteiger partial charge in [-0.3, -0.25) is 4.98 Å². The number of nitrogens with zero attached hydrogens (tertiary/aromatic N) is 1. The zero-order valence-electron chi connectivity index (χ0n) is 18.8. The minimum absolute atomic E-state index is 0.192. The van der Waals surface area contributed by atoms with E-state index in [4.69, 9.17) is 14.2 Å². The van der Waals surface area contributed by atoms with Crippen molar-refractivity contribution in [2.75, 3.05) is 25.1 Å². The summed E-state index contributed by atoms with van der Waals surface area (Å²) in [5, 5.41) is 3.74. The van der Waals surface area contributed by atoms with E-state index in [0.717, 1.165) is 6.42 Å². The number of aromatic nitrogens is 1. The first-order valence-corrected chi connectivity index (χ1v) is 10.8. The molecule has 3 aromatic rings. The highest BCUT2D eigenvalue weighted by molar-refractivity contribution is 6.08. The fraction of sp³-hybridized carbons (Fsp3) is 0.280. The van der Waals surface area contributed by atoms with E-state index in [0.29, 0.717) is 40.0 Å². The lowest BCUT2D eigenvalue weighted by Crippen LogP contribution is -2.10. The lowest BCUT2D eigenvalue weighted by atomic mass is 10.1. The van der Waals surface area contributed by atoms with Crippen LogP contribution in [0.25, 0.3) is 10.9 Å². The Morgan fingerprint density at radius 1 is 0.848 bits per heavy atom. The maximum Gasteiger partial charge on any atom is 0.341 e. The Morgan fingerprint density at radius 3 is 2.27 bits per heavy atom. The van der Waals surface area contributed by atoms with Crippen molar-refractivity contribution in [3.8, 4) is 0 Å². The van der Waals surface area contributed by atoms with Crippen LogP contribution in [0.2, 0.25) is 0 Å². The molecule has 1 aromatic heterocycles. The number of benzene rings is 2. The summed E-state index contributed by atoms with van der Waals surface area (Å²) in [5.41, 5.74) is 2.43. The van der Waals surface area contributed by atoms with E-state index in [1.165, 1.54) is 6.20 Å². The number of hydrogen-bond donors (Lipinski definition) is 1. The molecule has 0 unspecified atom stereocenters. The molecule has 3 rings (SSSR count). The SMILES string of the molecule is CCCOC(=O)c1cccc(Nc2c(C(=O)OCC)cnc3ccc(C(=O)OCC)cc23)c1. The highest BCUT2D eigenvalue weighted by Gasteiger charge is 2.19. The number of esters is 3. The molecule has 2 aromatic carbocycles. The van der Waals surface area contributed by atoms with E-state index in [9.17, 15) is 14.4 Å². The minimum Gasteiger partial charge on any atom is -0.462 e. The molecule has 0 saturated carbocycles. The Balaban J connectivity index is 2.09. The Morgan fingerprint density at radius 2 is 1.55 bits per heavy atom. The van der Waals surface area contributed by atoms with Crippen molar-refractivity contribution in [3.05, 3.63) is 65.4 Å². The summed E-state index contributed by atoms with van der Waals surface area (Å²) in [6.45, 7) is 6.12. The number of pyridine rings is 1. The van der Waals surface area contributed by atoms with Gasteiger partial charge in [0.25, 0.3) is 0 Å². The first-order valence-electron chi connectivity index (χ1n) is 10.8. The summed E-state index contributed by atoms with van der Waals surface area (Å²) in [6.07, 6.45) is 2.14. The normalized spacial score (nSPS) is 10.5. The molecule has 172 valence electrons. The minimum atomic E-state index is -0.561. The smallest absolute Gasteiger partial charge is 0.341 e. The van der Waals surface area contributed by atoms with Crippen molar-refractivity contribution < 1.29 is 28.6 Å². The number of anilines is 2. The number of carbonyl (C=O) groups is 3. The Hall–Kier alpha value is -3.94. The van der Waals surface area contributed by atoms with E-state index in [1.54, 1.807) is 56.3 Å². The second-order valence-electron chi connectivity index (χ2n) is 7.06. The molecule has 0 bridgehead atoms. The van der Waals surface area contributed by atoms with Crippen LogP contribution in [0.15, 0.2) is 48.7 Å². The highest BCUT2D eigenvalue weighted by Crippen LogP contribution is 2.31. The predicted octanol–water partition coefficient (Wildman–Crippen LogP) is 4.90. The maximum atomic E-state index is 12.6. The quantitative estimate of drug-likeness (QED) is 0.363. The number of carbonyl (C=O) groups excluding carboxylic acids is 3. The van der Waals surface area contributed by atoms with Crippen molar-refractivity contribution in [2.24, 2.45) is 0 Å². The molecule has 0 aliphatic heterocycles. The van der Waals surface area contributed by atoms with Gasteiger partial charge in [-0.25, -0.2) is 14.4 Å². The first kappa shape index (κ1) is 23.7. The molecule has 1 N–H and O–H groups in total. The molecule has 1 heterocycles. The van der Waals surface area contributed by atoms with Crippen molar-refractivity contribution in [1.82, 2.24) is 4.98 Å². The van der Waals surface area contributed by atoms with Crippen molar-refractivity contribution in [1.29, 1.82) is 0 Å². The molecule has 0 saturated heterocycles. The summed E-state index contributed by atoms with van der Waals surface area (Å²) >= 11 is 0. The van der Waals surface area contributed by atoms with Crippen LogP contribution in [-0.4, -0.2) is 42.7 Å². The molecular formula is C25H26N2O6. The molecule has 0 atom stereocenters. The summed E-state index contributed by atoms with van der Waals surface area (Å²) in [7, 11) is 0. The topological polar surface area (TPSA) is 104 Å². The van der Waals surface area contributed by atoms with Gasteiger partial charge in [-0.15, -0.1) is 0 Å². The predicted molar refractivity (Wildman–Crippen MR) is 124 cm³/mol. The van der Waals surface area contributed by atoms with Gasteiger partial charge in [0, 0.05) is 17.3 Å². The fourth-order valence-corrected chi connectivity index (χ4v) is 3.18. The average Bonchev–Trinajstić information content (AvgIpc) is 2.82. The summed E-state index contributed by atoms with van der Waals surface area (Å²) in [5.74, 6) is -1.47. The molecule has 8 heteroatoms. The van der Waals surface area contributed by atoms with Gasteiger partial charge in [0.05, 0.1) is 42.2 Å².